The zero-order chi connectivity index (χ0) is 10.2. The van der Waals surface area contributed by atoms with Gasteiger partial charge in [0.15, 0.2) is 0 Å². The monoisotopic (exact) mass is 213 g/mol. The molecule has 0 saturated carbocycles. The molecule has 1 N–H and O–H groups in total. The molecule has 1 aromatic rings. The number of nitrogens with zero attached hydrogens (tertiary/aromatic N) is 2. The number of aromatic nitrogens is 3. The van der Waals surface area contributed by atoms with Crippen molar-refractivity contribution in [2.45, 2.75) is 37.8 Å². The summed E-state index contributed by atoms with van der Waals surface area (Å²) in [6, 6.07) is 0. The molecule has 0 unspecified atom stereocenters. The van der Waals surface area contributed by atoms with Gasteiger partial charge in [-0.2, -0.15) is 0 Å². The number of H-pyrrole nitrogens is 1. The van der Waals surface area contributed by atoms with Crippen LogP contribution in [0.3, 0.4) is 0 Å². The molecular weight excluding hydrogens is 198 g/mol. The Labute approximate surface area is 87.9 Å². The molecule has 0 atom stereocenters. The van der Waals surface area contributed by atoms with E-state index in [1.807, 2.05) is 0 Å². The lowest BCUT2D eigenvalue weighted by Gasteiger charge is -1.92. The fraction of sp³-hybridized carbons (Fsp3) is 0.667. The van der Waals surface area contributed by atoms with Crippen LogP contribution in [0.2, 0.25) is 0 Å². The van der Waals surface area contributed by atoms with Gasteiger partial charge in [-0.15, -0.1) is 5.10 Å². The van der Waals surface area contributed by atoms with Crippen LogP contribution in [0.5, 0.6) is 0 Å². The molecule has 0 spiro atoms. The van der Waals surface area contributed by atoms with E-state index in [0.29, 0.717) is 10.9 Å². The van der Waals surface area contributed by atoms with Crippen LogP contribution in [0.4, 0.5) is 0 Å². The number of nitrogens with one attached hydrogen (secondary N) is 1. The minimum absolute atomic E-state index is 0.423. The average Bonchev–Trinajstić information content (AvgIpc) is 2.63. The lowest BCUT2D eigenvalue weighted by Crippen LogP contribution is -1.88. The van der Waals surface area contributed by atoms with Crippen LogP contribution >= 0.6 is 11.8 Å². The molecule has 0 amide bonds. The summed E-state index contributed by atoms with van der Waals surface area (Å²) >= 11 is 1.36. The van der Waals surface area contributed by atoms with Crippen molar-refractivity contribution in [3.05, 3.63) is 5.82 Å². The number of rotatable bonds is 7. The summed E-state index contributed by atoms with van der Waals surface area (Å²) in [5, 5.41) is 7.55. The molecule has 0 radical (unpaired) electrons. The van der Waals surface area contributed by atoms with Gasteiger partial charge in [0.1, 0.15) is 12.1 Å². The van der Waals surface area contributed by atoms with Crippen molar-refractivity contribution in [1.29, 1.82) is 0 Å². The topological polar surface area (TPSA) is 58.6 Å². The van der Waals surface area contributed by atoms with Crippen molar-refractivity contribution in [3.8, 4) is 0 Å². The highest BCUT2D eigenvalue weighted by Crippen LogP contribution is 2.11. The first-order chi connectivity index (χ1) is 6.86. The van der Waals surface area contributed by atoms with Crippen molar-refractivity contribution in [2.75, 3.05) is 5.75 Å². The maximum atomic E-state index is 10.1. The second kappa shape index (κ2) is 6.59. The molecule has 0 saturated heterocycles. The van der Waals surface area contributed by atoms with Gasteiger partial charge in [0.25, 0.3) is 0 Å². The Bertz CT molecular complexity index is 275. The van der Waals surface area contributed by atoms with E-state index in [-0.39, 0.29) is 0 Å². The van der Waals surface area contributed by atoms with Crippen LogP contribution in [0.1, 0.15) is 32.0 Å². The van der Waals surface area contributed by atoms with Crippen molar-refractivity contribution < 1.29 is 4.79 Å². The molecule has 1 aromatic heterocycles. The quantitative estimate of drug-likeness (QED) is 0.426. The smallest absolute Gasteiger partial charge is 0.208 e. The molecule has 0 bridgehead atoms. The molecule has 1 heterocycles. The predicted molar refractivity (Wildman–Crippen MR) is 56.4 cm³/mol. The third kappa shape index (κ3) is 3.91. The SMILES string of the molecule is CCCCCc1nc(SCC=O)n[nH]1. The number of hydrogen-bond acceptors (Lipinski definition) is 4. The van der Waals surface area contributed by atoms with Crippen molar-refractivity contribution in [1.82, 2.24) is 15.2 Å². The molecule has 0 fully saturated rings. The summed E-state index contributed by atoms with van der Waals surface area (Å²) in [5.41, 5.74) is 0. The normalized spacial score (nSPS) is 10.4. The summed E-state index contributed by atoms with van der Waals surface area (Å²) in [4.78, 5) is 14.4. The number of carbonyl (C=O) groups is 1. The number of hydrogen-bond donors (Lipinski definition) is 1. The molecular formula is C9H15N3OS. The van der Waals surface area contributed by atoms with Gasteiger partial charge in [-0.05, 0) is 6.42 Å². The molecule has 14 heavy (non-hydrogen) atoms. The largest absolute Gasteiger partial charge is 0.302 e. The predicted octanol–water partition coefficient (Wildman–Crippen LogP) is 1.83. The number of aryl methyl sites for hydroxylation is 1. The van der Waals surface area contributed by atoms with E-state index in [1.165, 1.54) is 24.6 Å². The number of thioether (sulfide) groups is 1. The first-order valence-electron chi connectivity index (χ1n) is 4.84. The van der Waals surface area contributed by atoms with E-state index >= 15 is 0 Å². The number of unbranched alkanes of at least 4 members (excludes halogenated alkanes) is 2. The molecule has 5 heteroatoms. The fourth-order valence-electron chi connectivity index (χ4n) is 1.11. The van der Waals surface area contributed by atoms with Gasteiger partial charge in [-0.3, -0.25) is 5.10 Å². The van der Waals surface area contributed by atoms with Crippen LogP contribution in [0.25, 0.3) is 0 Å². The average molecular weight is 213 g/mol. The highest BCUT2D eigenvalue weighted by molar-refractivity contribution is 7.99. The third-order valence-electron chi connectivity index (χ3n) is 1.81. The van der Waals surface area contributed by atoms with E-state index in [4.69, 9.17) is 0 Å². The Morgan fingerprint density at radius 3 is 3.07 bits per heavy atom. The maximum Gasteiger partial charge on any atom is 0.208 e. The van der Waals surface area contributed by atoms with Gasteiger partial charge in [0.2, 0.25) is 5.16 Å². The number of aromatic amines is 1. The van der Waals surface area contributed by atoms with Gasteiger partial charge in [0.05, 0.1) is 5.75 Å². The molecule has 0 aliphatic heterocycles. The van der Waals surface area contributed by atoms with Crippen LogP contribution in [0, 0.1) is 0 Å². The highest BCUT2D eigenvalue weighted by Gasteiger charge is 2.02. The van der Waals surface area contributed by atoms with Crippen LogP contribution < -0.4 is 0 Å². The summed E-state index contributed by atoms with van der Waals surface area (Å²) in [5.74, 6) is 1.35. The zero-order valence-electron chi connectivity index (χ0n) is 8.32. The van der Waals surface area contributed by atoms with Gasteiger partial charge in [0, 0.05) is 6.42 Å². The zero-order valence-corrected chi connectivity index (χ0v) is 9.14. The van der Waals surface area contributed by atoms with Crippen molar-refractivity contribution >= 4 is 18.0 Å². The summed E-state index contributed by atoms with van der Waals surface area (Å²) in [6.45, 7) is 2.17. The van der Waals surface area contributed by atoms with Crippen LogP contribution in [-0.4, -0.2) is 27.2 Å². The molecule has 4 nitrogen and oxygen atoms in total. The first-order valence-corrected chi connectivity index (χ1v) is 5.83. The second-order valence-corrected chi connectivity index (χ2v) is 3.99. The lowest BCUT2D eigenvalue weighted by atomic mass is 10.2. The van der Waals surface area contributed by atoms with E-state index in [9.17, 15) is 4.79 Å². The maximum absolute atomic E-state index is 10.1. The Balaban J connectivity index is 2.31. The Morgan fingerprint density at radius 1 is 1.50 bits per heavy atom. The van der Waals surface area contributed by atoms with Gasteiger partial charge >= 0.3 is 0 Å². The third-order valence-corrected chi connectivity index (χ3v) is 2.55. The molecule has 0 aliphatic carbocycles. The number of aldehydes is 1. The summed E-state index contributed by atoms with van der Waals surface area (Å²) in [6.07, 6.45) is 5.38. The second-order valence-electron chi connectivity index (χ2n) is 3.00. The molecule has 78 valence electrons. The number of carbonyl (C=O) groups excluding carboxylic acids is 1. The van der Waals surface area contributed by atoms with E-state index in [2.05, 4.69) is 22.1 Å². The minimum Gasteiger partial charge on any atom is -0.302 e. The molecule has 1 rings (SSSR count). The Kier molecular flexibility index (Phi) is 5.29. The minimum atomic E-state index is 0.423. The van der Waals surface area contributed by atoms with Crippen molar-refractivity contribution in [2.24, 2.45) is 0 Å². The fourth-order valence-corrected chi connectivity index (χ4v) is 1.61. The first kappa shape index (κ1) is 11.2. The van der Waals surface area contributed by atoms with Gasteiger partial charge < -0.3 is 4.79 Å². The highest BCUT2D eigenvalue weighted by atomic mass is 32.2. The van der Waals surface area contributed by atoms with Gasteiger partial charge in [-0.25, -0.2) is 4.98 Å². The van der Waals surface area contributed by atoms with E-state index in [1.54, 1.807) is 0 Å². The van der Waals surface area contributed by atoms with E-state index in [0.717, 1.165) is 25.0 Å². The van der Waals surface area contributed by atoms with Gasteiger partial charge in [-0.1, -0.05) is 31.5 Å². The molecule has 0 aromatic carbocycles. The Hall–Kier alpha value is -0.840. The molecule has 0 aliphatic rings. The standard InChI is InChI=1S/C9H15N3OS/c1-2-3-4-5-8-10-9(12-11-8)14-7-6-13/h6H,2-5,7H2,1H3,(H,10,11,12). The lowest BCUT2D eigenvalue weighted by molar-refractivity contribution is -0.105. The van der Waals surface area contributed by atoms with Crippen molar-refractivity contribution in [3.63, 3.8) is 0 Å². The summed E-state index contributed by atoms with van der Waals surface area (Å²) < 4.78 is 0. The van der Waals surface area contributed by atoms with Crippen LogP contribution in [-0.2, 0) is 11.2 Å². The van der Waals surface area contributed by atoms with Crippen LogP contribution in [0.15, 0.2) is 5.16 Å². The summed E-state index contributed by atoms with van der Waals surface area (Å²) in [7, 11) is 0. The Morgan fingerprint density at radius 2 is 2.36 bits per heavy atom. The van der Waals surface area contributed by atoms with E-state index < -0.39 is 0 Å².